The van der Waals surface area contributed by atoms with Gasteiger partial charge in [-0.15, -0.1) is 0 Å². The van der Waals surface area contributed by atoms with E-state index in [1.807, 2.05) is 0 Å². The van der Waals surface area contributed by atoms with Gasteiger partial charge in [-0.25, -0.2) is 4.57 Å². The quantitative estimate of drug-likeness (QED) is 0.0271. The number of carbonyl (C=O) groups excluding carboxylic acids is 1. The summed E-state index contributed by atoms with van der Waals surface area (Å²) < 4.78 is 33.4. The topological polar surface area (TPSA) is 117 Å². The average Bonchev–Trinajstić information content (AvgIpc) is 3.20. The lowest BCUT2D eigenvalue weighted by Gasteiger charge is -2.20. The molecule has 0 heterocycles. The van der Waals surface area contributed by atoms with Crippen molar-refractivity contribution in [2.75, 3.05) is 33.0 Å². The monoisotopic (exact) mass is 818 g/mol. The van der Waals surface area contributed by atoms with Crippen LogP contribution in [0.5, 0.6) is 0 Å². The number of phosphoric ester groups is 1. The number of carbonyl (C=O) groups is 1. The maximum Gasteiger partial charge on any atom is 0.472 e. The minimum atomic E-state index is -4.29. The van der Waals surface area contributed by atoms with Crippen molar-refractivity contribution < 1.29 is 32.8 Å². The lowest BCUT2D eigenvalue weighted by atomic mass is 10.1. The van der Waals surface area contributed by atoms with Crippen LogP contribution in [0.4, 0.5) is 0 Å². The molecule has 8 nitrogen and oxygen atoms in total. The van der Waals surface area contributed by atoms with Gasteiger partial charge in [-0.05, 0) is 89.9 Å². The fourth-order valence-electron chi connectivity index (χ4n) is 5.76. The lowest BCUT2D eigenvalue weighted by molar-refractivity contribution is -0.154. The number of esters is 1. The van der Waals surface area contributed by atoms with Gasteiger partial charge in [0.05, 0.1) is 19.8 Å². The van der Waals surface area contributed by atoms with Crippen molar-refractivity contribution in [1.82, 2.24) is 0 Å². The fourth-order valence-corrected chi connectivity index (χ4v) is 6.52. The van der Waals surface area contributed by atoms with E-state index in [-0.39, 0.29) is 38.8 Å². The Labute approximate surface area is 349 Å². The molecule has 0 aliphatic carbocycles. The SMILES string of the molecule is CC/C=C\C/C=C\C/C=C\C/C=C\C/C=C\C/C=C\CCCCCCC(=O)OC(COCCCCCCCC/C=C\CCCCCCC)COP(=O)(O)OCCN. The molecule has 0 amide bonds. The summed E-state index contributed by atoms with van der Waals surface area (Å²) in [5.74, 6) is -0.360. The molecular formula is C48H84NO7P. The number of allylic oxidation sites excluding steroid dienone is 14. The summed E-state index contributed by atoms with van der Waals surface area (Å²) >= 11 is 0. The summed E-state index contributed by atoms with van der Waals surface area (Å²) in [6, 6.07) is 0. The van der Waals surface area contributed by atoms with Crippen molar-refractivity contribution >= 4 is 13.8 Å². The summed E-state index contributed by atoms with van der Waals surface area (Å²) in [6.45, 7) is 4.73. The summed E-state index contributed by atoms with van der Waals surface area (Å²) in [5, 5.41) is 0. The first kappa shape index (κ1) is 54.7. The predicted octanol–water partition coefficient (Wildman–Crippen LogP) is 13.7. The lowest BCUT2D eigenvalue weighted by Crippen LogP contribution is -2.28. The van der Waals surface area contributed by atoms with E-state index in [9.17, 15) is 14.3 Å². The molecule has 0 saturated carbocycles. The van der Waals surface area contributed by atoms with Crippen LogP contribution < -0.4 is 5.73 Å². The molecule has 0 aliphatic rings. The molecular weight excluding hydrogens is 734 g/mol. The Balaban J connectivity index is 4.11. The third-order valence-corrected chi connectivity index (χ3v) is 10.0. The summed E-state index contributed by atoms with van der Waals surface area (Å²) in [4.78, 5) is 22.5. The minimum Gasteiger partial charge on any atom is -0.457 e. The number of rotatable bonds is 42. The van der Waals surface area contributed by atoms with E-state index < -0.39 is 13.9 Å². The molecule has 3 N–H and O–H groups in total. The third-order valence-electron chi connectivity index (χ3n) is 9.05. The first-order valence-electron chi connectivity index (χ1n) is 22.6. The number of hydrogen-bond acceptors (Lipinski definition) is 7. The summed E-state index contributed by atoms with van der Waals surface area (Å²) in [6.07, 6.45) is 57.4. The van der Waals surface area contributed by atoms with Crippen LogP contribution in [0.25, 0.3) is 0 Å². The molecule has 9 heteroatoms. The molecule has 328 valence electrons. The standard InChI is InChI=1S/C48H84NO7P/c1-3-5-7-9-11-13-15-17-19-20-21-22-23-24-25-26-27-29-31-33-35-37-39-41-48(50)56-47(46-55-57(51,52)54-44-42-49)45-53-43-40-38-36-34-32-30-28-18-16-14-12-10-8-6-4-2/h5,7,11,13,16-19,21-22,24-25,27,29,47H,3-4,6,8-10,12,14-15,20,23,26,28,30-46,49H2,1-2H3,(H,51,52)/b7-5-,13-11-,18-16-,19-17-,22-21-,25-24-,29-27-. The van der Waals surface area contributed by atoms with E-state index in [2.05, 4.69) is 98.9 Å². The minimum absolute atomic E-state index is 0.0904. The van der Waals surface area contributed by atoms with Gasteiger partial charge in [0.15, 0.2) is 0 Å². The molecule has 0 aliphatic heterocycles. The second kappa shape index (κ2) is 44.8. The van der Waals surface area contributed by atoms with Crippen molar-refractivity contribution in [3.8, 4) is 0 Å². The van der Waals surface area contributed by atoms with Crippen LogP contribution in [0, 0.1) is 0 Å². The fraction of sp³-hybridized carbons (Fsp3) is 0.688. The highest BCUT2D eigenvalue weighted by molar-refractivity contribution is 7.47. The Morgan fingerprint density at radius 2 is 0.982 bits per heavy atom. The second-order valence-electron chi connectivity index (χ2n) is 14.5. The molecule has 0 saturated heterocycles. The molecule has 0 rings (SSSR count). The van der Waals surface area contributed by atoms with Crippen molar-refractivity contribution in [3.63, 3.8) is 0 Å². The van der Waals surface area contributed by atoms with E-state index in [1.165, 1.54) is 70.6 Å². The largest absolute Gasteiger partial charge is 0.472 e. The molecule has 0 fully saturated rings. The van der Waals surface area contributed by atoms with E-state index in [0.29, 0.717) is 6.61 Å². The van der Waals surface area contributed by atoms with Crippen molar-refractivity contribution in [2.45, 2.75) is 180 Å². The van der Waals surface area contributed by atoms with Crippen LogP contribution in [0.1, 0.15) is 174 Å². The maximum atomic E-state index is 12.6. The van der Waals surface area contributed by atoms with E-state index in [4.69, 9.17) is 24.3 Å². The molecule has 0 aromatic heterocycles. The van der Waals surface area contributed by atoms with Gasteiger partial charge in [0.25, 0.3) is 0 Å². The molecule has 0 aromatic carbocycles. The number of hydrogen-bond donors (Lipinski definition) is 2. The Hall–Kier alpha value is -2.32. The van der Waals surface area contributed by atoms with Gasteiger partial charge in [-0.3, -0.25) is 13.8 Å². The van der Waals surface area contributed by atoms with E-state index >= 15 is 0 Å². The molecule has 0 aromatic rings. The molecule has 0 radical (unpaired) electrons. The number of nitrogens with two attached hydrogens (primary N) is 1. The molecule has 0 spiro atoms. The molecule has 2 unspecified atom stereocenters. The molecule has 2 atom stereocenters. The van der Waals surface area contributed by atoms with Crippen LogP contribution in [0.3, 0.4) is 0 Å². The highest BCUT2D eigenvalue weighted by Gasteiger charge is 2.25. The van der Waals surface area contributed by atoms with Gasteiger partial charge >= 0.3 is 13.8 Å². The average molecular weight is 818 g/mol. The summed E-state index contributed by atoms with van der Waals surface area (Å²) in [5.41, 5.74) is 5.37. The maximum absolute atomic E-state index is 12.6. The highest BCUT2D eigenvalue weighted by Crippen LogP contribution is 2.43. The van der Waals surface area contributed by atoms with Gasteiger partial charge in [-0.1, -0.05) is 163 Å². The first-order chi connectivity index (χ1) is 27.9. The smallest absolute Gasteiger partial charge is 0.457 e. The zero-order chi connectivity index (χ0) is 41.6. The van der Waals surface area contributed by atoms with Crippen molar-refractivity contribution in [2.24, 2.45) is 5.73 Å². The van der Waals surface area contributed by atoms with Crippen LogP contribution in [-0.4, -0.2) is 49.9 Å². The number of ether oxygens (including phenoxy) is 2. The molecule has 57 heavy (non-hydrogen) atoms. The Morgan fingerprint density at radius 1 is 0.544 bits per heavy atom. The summed E-state index contributed by atoms with van der Waals surface area (Å²) in [7, 11) is -4.29. The van der Waals surface area contributed by atoms with Gasteiger partial charge in [0, 0.05) is 19.6 Å². The van der Waals surface area contributed by atoms with Gasteiger partial charge < -0.3 is 20.1 Å². The third kappa shape index (κ3) is 44.6. The van der Waals surface area contributed by atoms with Crippen LogP contribution in [-0.2, 0) is 27.9 Å². The first-order valence-corrected chi connectivity index (χ1v) is 24.1. The van der Waals surface area contributed by atoms with Crippen molar-refractivity contribution in [1.29, 1.82) is 0 Å². The zero-order valence-corrected chi connectivity index (χ0v) is 37.2. The highest BCUT2D eigenvalue weighted by atomic mass is 31.2. The number of unbranched alkanes of at least 4 members (excludes halogenated alkanes) is 15. The van der Waals surface area contributed by atoms with Gasteiger partial charge in [0.2, 0.25) is 0 Å². The Bertz CT molecular complexity index is 1140. The van der Waals surface area contributed by atoms with Gasteiger partial charge in [0.1, 0.15) is 6.10 Å². The Morgan fingerprint density at radius 3 is 1.49 bits per heavy atom. The van der Waals surface area contributed by atoms with Crippen LogP contribution in [0.15, 0.2) is 85.1 Å². The van der Waals surface area contributed by atoms with Gasteiger partial charge in [-0.2, -0.15) is 0 Å². The molecule has 0 bridgehead atoms. The van der Waals surface area contributed by atoms with Crippen LogP contribution in [0.2, 0.25) is 0 Å². The number of phosphoric acid groups is 1. The van der Waals surface area contributed by atoms with E-state index in [1.54, 1.807) is 0 Å². The Kier molecular flexibility index (Phi) is 43.0. The second-order valence-corrected chi connectivity index (χ2v) is 16.0. The zero-order valence-electron chi connectivity index (χ0n) is 36.3. The van der Waals surface area contributed by atoms with Crippen LogP contribution >= 0.6 is 7.82 Å². The normalized spacial score (nSPS) is 14.2. The van der Waals surface area contributed by atoms with Crippen molar-refractivity contribution in [3.05, 3.63) is 85.1 Å². The van der Waals surface area contributed by atoms with E-state index in [0.717, 1.165) is 83.5 Å². The predicted molar refractivity (Wildman–Crippen MR) is 242 cm³/mol.